The van der Waals surface area contributed by atoms with Crippen LogP contribution >= 0.6 is 0 Å². The second-order valence-electron chi connectivity index (χ2n) is 5.33. The lowest BCUT2D eigenvalue weighted by Crippen LogP contribution is -2.30. The van der Waals surface area contributed by atoms with Crippen molar-refractivity contribution in [3.05, 3.63) is 35.1 Å². The fraction of sp³-hybridized carbons (Fsp3) is 0.533. The average Bonchev–Trinajstić information content (AvgIpc) is 2.33. The molecule has 98 valence electrons. The van der Waals surface area contributed by atoms with Crippen molar-refractivity contribution in [3.8, 4) is 0 Å². The molecule has 0 aliphatic heterocycles. The number of Topliss-reactive ketones (excluding diaryl/α,β-unsaturated/α-hetero) is 1. The predicted molar refractivity (Wildman–Crippen MR) is 69.8 cm³/mol. The highest BCUT2D eigenvalue weighted by Gasteiger charge is 2.24. The maximum Gasteiger partial charge on any atom is 0.140 e. The van der Waals surface area contributed by atoms with Gasteiger partial charge in [0, 0.05) is 18.4 Å². The minimum Gasteiger partial charge on any atom is -0.328 e. The van der Waals surface area contributed by atoms with Crippen LogP contribution in [0, 0.1) is 18.7 Å². The van der Waals surface area contributed by atoms with Gasteiger partial charge in [0.05, 0.1) is 0 Å². The molecule has 0 atom stereocenters. The molecule has 3 heteroatoms. The van der Waals surface area contributed by atoms with E-state index in [1.165, 1.54) is 12.1 Å². The summed E-state index contributed by atoms with van der Waals surface area (Å²) in [5, 5.41) is 0. The summed E-state index contributed by atoms with van der Waals surface area (Å²) in [6.07, 6.45) is 4.12. The SMILES string of the molecule is Cc1cc(F)ccc1CC(=O)C1CCC(N)CC1. The van der Waals surface area contributed by atoms with E-state index >= 15 is 0 Å². The van der Waals surface area contributed by atoms with Gasteiger partial charge in [-0.15, -0.1) is 0 Å². The molecule has 2 nitrogen and oxygen atoms in total. The average molecular weight is 249 g/mol. The Balaban J connectivity index is 1.98. The molecule has 1 aliphatic rings. The van der Waals surface area contributed by atoms with Gasteiger partial charge in [0.2, 0.25) is 0 Å². The van der Waals surface area contributed by atoms with Gasteiger partial charge in [-0.1, -0.05) is 6.07 Å². The van der Waals surface area contributed by atoms with Crippen LogP contribution in [-0.4, -0.2) is 11.8 Å². The zero-order chi connectivity index (χ0) is 13.1. The highest BCUT2D eigenvalue weighted by molar-refractivity contribution is 5.83. The van der Waals surface area contributed by atoms with Crippen LogP contribution in [0.25, 0.3) is 0 Å². The predicted octanol–water partition coefficient (Wildman–Crippen LogP) is 2.76. The highest BCUT2D eigenvalue weighted by Crippen LogP contribution is 2.25. The van der Waals surface area contributed by atoms with E-state index in [-0.39, 0.29) is 23.6 Å². The molecule has 0 bridgehead atoms. The van der Waals surface area contributed by atoms with Crippen molar-refractivity contribution in [1.82, 2.24) is 0 Å². The number of hydrogen-bond donors (Lipinski definition) is 1. The summed E-state index contributed by atoms with van der Waals surface area (Å²) in [6, 6.07) is 4.89. The first-order valence-corrected chi connectivity index (χ1v) is 6.59. The zero-order valence-corrected chi connectivity index (χ0v) is 10.8. The van der Waals surface area contributed by atoms with E-state index in [0.717, 1.165) is 36.8 Å². The Labute approximate surface area is 107 Å². The maximum absolute atomic E-state index is 13.0. The monoisotopic (exact) mass is 249 g/mol. The normalized spacial score (nSPS) is 23.9. The lowest BCUT2D eigenvalue weighted by atomic mass is 9.82. The molecule has 1 saturated carbocycles. The van der Waals surface area contributed by atoms with Gasteiger partial charge in [-0.05, 0) is 55.9 Å². The fourth-order valence-electron chi connectivity index (χ4n) is 2.63. The number of hydrogen-bond acceptors (Lipinski definition) is 2. The van der Waals surface area contributed by atoms with E-state index in [0.29, 0.717) is 6.42 Å². The molecule has 1 aliphatic carbocycles. The Bertz CT molecular complexity index is 436. The van der Waals surface area contributed by atoms with Gasteiger partial charge in [-0.25, -0.2) is 4.39 Å². The first-order chi connectivity index (χ1) is 8.56. The highest BCUT2D eigenvalue weighted by atomic mass is 19.1. The standard InChI is InChI=1S/C15H20FNO/c1-10-8-13(16)5-2-12(10)9-15(18)11-3-6-14(17)7-4-11/h2,5,8,11,14H,3-4,6-7,9,17H2,1H3. The summed E-state index contributed by atoms with van der Waals surface area (Å²) < 4.78 is 13.0. The molecule has 18 heavy (non-hydrogen) atoms. The molecule has 2 N–H and O–H groups in total. The Kier molecular flexibility index (Phi) is 4.12. The van der Waals surface area contributed by atoms with E-state index in [1.54, 1.807) is 6.07 Å². The third kappa shape index (κ3) is 3.16. The van der Waals surface area contributed by atoms with E-state index in [4.69, 9.17) is 5.73 Å². The molecule has 0 unspecified atom stereocenters. The van der Waals surface area contributed by atoms with Gasteiger partial charge in [0.25, 0.3) is 0 Å². The Morgan fingerprint density at radius 2 is 2.00 bits per heavy atom. The zero-order valence-electron chi connectivity index (χ0n) is 10.8. The molecule has 2 rings (SSSR count). The summed E-state index contributed by atoms with van der Waals surface area (Å²) in [4.78, 5) is 12.2. The van der Waals surface area contributed by atoms with Crippen molar-refractivity contribution in [1.29, 1.82) is 0 Å². The molecule has 1 aromatic rings. The molecule has 0 heterocycles. The third-order valence-electron chi connectivity index (χ3n) is 3.90. The molecular weight excluding hydrogens is 229 g/mol. The summed E-state index contributed by atoms with van der Waals surface area (Å²) in [5.41, 5.74) is 7.64. The minimum absolute atomic E-state index is 0.147. The van der Waals surface area contributed by atoms with Crippen LogP contribution < -0.4 is 5.73 Å². The van der Waals surface area contributed by atoms with Crippen molar-refractivity contribution >= 4 is 5.78 Å². The maximum atomic E-state index is 13.0. The lowest BCUT2D eigenvalue weighted by molar-refractivity contribution is -0.123. The number of carbonyl (C=O) groups is 1. The molecule has 0 radical (unpaired) electrons. The van der Waals surface area contributed by atoms with Crippen molar-refractivity contribution in [2.75, 3.05) is 0 Å². The Morgan fingerprint density at radius 3 is 2.61 bits per heavy atom. The van der Waals surface area contributed by atoms with Crippen molar-refractivity contribution in [2.45, 2.75) is 45.1 Å². The molecule has 0 saturated heterocycles. The van der Waals surface area contributed by atoms with E-state index in [9.17, 15) is 9.18 Å². The third-order valence-corrected chi connectivity index (χ3v) is 3.90. The second-order valence-corrected chi connectivity index (χ2v) is 5.33. The van der Waals surface area contributed by atoms with Crippen LogP contribution in [0.4, 0.5) is 4.39 Å². The number of rotatable bonds is 3. The van der Waals surface area contributed by atoms with Gasteiger partial charge in [0.1, 0.15) is 11.6 Å². The number of ketones is 1. The van der Waals surface area contributed by atoms with E-state index in [2.05, 4.69) is 0 Å². The summed E-state index contributed by atoms with van der Waals surface area (Å²) in [6.45, 7) is 1.85. The summed E-state index contributed by atoms with van der Waals surface area (Å²) in [7, 11) is 0. The first kappa shape index (κ1) is 13.2. The van der Waals surface area contributed by atoms with Crippen LogP contribution in [0.1, 0.15) is 36.8 Å². The number of aryl methyl sites for hydroxylation is 1. The Morgan fingerprint density at radius 1 is 1.33 bits per heavy atom. The topological polar surface area (TPSA) is 43.1 Å². The van der Waals surface area contributed by atoms with Crippen LogP contribution in [0.2, 0.25) is 0 Å². The van der Waals surface area contributed by atoms with Gasteiger partial charge in [-0.2, -0.15) is 0 Å². The summed E-state index contributed by atoms with van der Waals surface area (Å²) in [5.74, 6) is 0.179. The molecule has 0 amide bonds. The minimum atomic E-state index is -0.243. The van der Waals surface area contributed by atoms with E-state index in [1.807, 2.05) is 6.92 Å². The first-order valence-electron chi connectivity index (χ1n) is 6.59. The van der Waals surface area contributed by atoms with Crippen molar-refractivity contribution < 1.29 is 9.18 Å². The van der Waals surface area contributed by atoms with Crippen LogP contribution in [-0.2, 0) is 11.2 Å². The quantitative estimate of drug-likeness (QED) is 0.895. The van der Waals surface area contributed by atoms with Crippen LogP contribution in [0.15, 0.2) is 18.2 Å². The Hall–Kier alpha value is -1.22. The van der Waals surface area contributed by atoms with Crippen molar-refractivity contribution in [2.24, 2.45) is 11.7 Å². The lowest BCUT2D eigenvalue weighted by Gasteiger charge is -2.25. The second kappa shape index (κ2) is 5.61. The van der Waals surface area contributed by atoms with E-state index < -0.39 is 0 Å². The number of carbonyl (C=O) groups excluding carboxylic acids is 1. The largest absolute Gasteiger partial charge is 0.328 e. The van der Waals surface area contributed by atoms with Gasteiger partial charge >= 0.3 is 0 Å². The molecule has 1 fully saturated rings. The molecule has 0 spiro atoms. The van der Waals surface area contributed by atoms with Gasteiger partial charge in [-0.3, -0.25) is 4.79 Å². The van der Waals surface area contributed by atoms with Gasteiger partial charge in [0.15, 0.2) is 0 Å². The fourth-order valence-corrected chi connectivity index (χ4v) is 2.63. The number of nitrogens with two attached hydrogens (primary N) is 1. The smallest absolute Gasteiger partial charge is 0.140 e. The number of halogens is 1. The number of benzene rings is 1. The van der Waals surface area contributed by atoms with Crippen molar-refractivity contribution in [3.63, 3.8) is 0 Å². The molecule has 1 aromatic carbocycles. The van der Waals surface area contributed by atoms with Gasteiger partial charge < -0.3 is 5.73 Å². The van der Waals surface area contributed by atoms with Crippen LogP contribution in [0.3, 0.4) is 0 Å². The molecular formula is C15H20FNO. The molecule has 0 aromatic heterocycles. The van der Waals surface area contributed by atoms with Crippen LogP contribution in [0.5, 0.6) is 0 Å². The summed E-state index contributed by atoms with van der Waals surface area (Å²) >= 11 is 0.